The fraction of sp³-hybridized carbons (Fsp3) is 0.643. The van der Waals surface area contributed by atoms with Crippen molar-refractivity contribution in [3.63, 3.8) is 0 Å². The maximum atomic E-state index is 5.55. The molecular weight excluding hydrogens is 228 g/mol. The number of rotatable bonds is 6. The monoisotopic (exact) mass is 250 g/mol. The molecular formula is C14H22N2O2. The van der Waals surface area contributed by atoms with E-state index >= 15 is 0 Å². The third-order valence-corrected chi connectivity index (χ3v) is 3.41. The first-order valence-electron chi connectivity index (χ1n) is 6.65. The Bertz CT molecular complexity index is 387. The first-order valence-corrected chi connectivity index (χ1v) is 6.65. The van der Waals surface area contributed by atoms with Gasteiger partial charge in [0.1, 0.15) is 18.1 Å². The lowest BCUT2D eigenvalue weighted by Gasteiger charge is -2.20. The van der Waals surface area contributed by atoms with E-state index in [4.69, 9.17) is 9.15 Å². The van der Waals surface area contributed by atoms with Gasteiger partial charge < -0.3 is 9.15 Å². The number of ether oxygens (including phenoxy) is 1. The Balaban J connectivity index is 1.83. The smallest absolute Gasteiger partial charge is 0.144 e. The number of hydrogen-bond acceptors (Lipinski definition) is 4. The molecule has 0 radical (unpaired) electrons. The predicted octanol–water partition coefficient (Wildman–Crippen LogP) is 2.33. The number of nitrogens with zero attached hydrogens (tertiary/aromatic N) is 2. The van der Waals surface area contributed by atoms with Crippen molar-refractivity contribution >= 4 is 6.21 Å². The normalized spacial score (nSPS) is 21.1. The van der Waals surface area contributed by atoms with E-state index in [0.717, 1.165) is 24.6 Å². The summed E-state index contributed by atoms with van der Waals surface area (Å²) in [5, 5.41) is 0. The Morgan fingerprint density at radius 3 is 3.22 bits per heavy atom. The van der Waals surface area contributed by atoms with Crippen LogP contribution in [0.25, 0.3) is 0 Å². The summed E-state index contributed by atoms with van der Waals surface area (Å²) in [5.74, 6) is 1.65. The van der Waals surface area contributed by atoms with Crippen LogP contribution in [0.3, 0.4) is 0 Å². The average molecular weight is 250 g/mol. The maximum absolute atomic E-state index is 5.55. The van der Waals surface area contributed by atoms with Crippen molar-refractivity contribution in [2.75, 3.05) is 26.7 Å². The largest absolute Gasteiger partial charge is 0.458 e. The Labute approximate surface area is 109 Å². The summed E-state index contributed by atoms with van der Waals surface area (Å²) < 4.78 is 10.6. The van der Waals surface area contributed by atoms with Gasteiger partial charge in [0, 0.05) is 13.2 Å². The van der Waals surface area contributed by atoms with Crippen LogP contribution in [0.5, 0.6) is 0 Å². The predicted molar refractivity (Wildman–Crippen MR) is 72.2 cm³/mol. The fourth-order valence-corrected chi connectivity index (χ4v) is 2.47. The lowest BCUT2D eigenvalue weighted by Crippen LogP contribution is -2.31. The van der Waals surface area contributed by atoms with Crippen LogP contribution < -0.4 is 0 Å². The molecule has 1 atom stereocenters. The van der Waals surface area contributed by atoms with E-state index in [0.29, 0.717) is 12.6 Å². The van der Waals surface area contributed by atoms with E-state index in [1.165, 1.54) is 19.4 Å². The molecule has 1 saturated heterocycles. The van der Waals surface area contributed by atoms with Crippen LogP contribution in [-0.2, 0) is 11.3 Å². The molecule has 0 N–H and O–H groups in total. The topological polar surface area (TPSA) is 38.0 Å². The molecule has 1 fully saturated rings. The minimum Gasteiger partial charge on any atom is -0.458 e. The molecule has 0 aromatic carbocycles. The van der Waals surface area contributed by atoms with Crippen LogP contribution in [0.4, 0.5) is 0 Å². The fourth-order valence-electron chi connectivity index (χ4n) is 2.47. The van der Waals surface area contributed by atoms with Crippen molar-refractivity contribution in [1.29, 1.82) is 0 Å². The second-order valence-corrected chi connectivity index (χ2v) is 4.66. The highest BCUT2D eigenvalue weighted by Crippen LogP contribution is 2.16. The summed E-state index contributed by atoms with van der Waals surface area (Å²) in [6.07, 6.45) is 4.39. The standard InChI is InChI=1S/C14H22N2O2/c1-3-16-8-4-5-12(16)9-15-10-13-6-7-14(18-13)11-17-2/h6-7,10,12H,3-5,8-9,11H2,1-2H3. The molecule has 0 bridgehead atoms. The summed E-state index contributed by atoms with van der Waals surface area (Å²) in [7, 11) is 1.66. The van der Waals surface area contributed by atoms with Crippen LogP contribution in [-0.4, -0.2) is 43.9 Å². The third-order valence-electron chi connectivity index (χ3n) is 3.41. The lowest BCUT2D eigenvalue weighted by molar-refractivity contribution is 0.164. The molecule has 1 aliphatic rings. The summed E-state index contributed by atoms with van der Waals surface area (Å²) in [4.78, 5) is 6.99. The van der Waals surface area contributed by atoms with Crippen LogP contribution in [0, 0.1) is 0 Å². The second kappa shape index (κ2) is 6.71. The quantitative estimate of drug-likeness (QED) is 0.727. The Morgan fingerprint density at radius 1 is 1.56 bits per heavy atom. The van der Waals surface area contributed by atoms with Gasteiger partial charge in [-0.15, -0.1) is 0 Å². The van der Waals surface area contributed by atoms with Gasteiger partial charge >= 0.3 is 0 Å². The summed E-state index contributed by atoms with van der Waals surface area (Å²) in [6.45, 7) is 5.94. The number of likely N-dealkylation sites (N-methyl/N-ethyl adjacent to an activating group) is 1. The molecule has 0 amide bonds. The van der Waals surface area contributed by atoms with Gasteiger partial charge in [0.05, 0.1) is 12.8 Å². The van der Waals surface area contributed by atoms with Gasteiger partial charge in [-0.05, 0) is 38.1 Å². The van der Waals surface area contributed by atoms with Gasteiger partial charge in [0.15, 0.2) is 0 Å². The molecule has 2 rings (SSSR count). The van der Waals surface area contributed by atoms with Crippen molar-refractivity contribution in [3.05, 3.63) is 23.7 Å². The van der Waals surface area contributed by atoms with E-state index in [1.807, 2.05) is 18.3 Å². The Kier molecular flexibility index (Phi) is 4.96. The van der Waals surface area contributed by atoms with E-state index in [-0.39, 0.29) is 0 Å². The van der Waals surface area contributed by atoms with Crippen LogP contribution in [0.2, 0.25) is 0 Å². The highest BCUT2D eigenvalue weighted by molar-refractivity contribution is 5.75. The molecule has 4 heteroatoms. The van der Waals surface area contributed by atoms with E-state index in [2.05, 4.69) is 16.8 Å². The first-order chi connectivity index (χ1) is 8.83. The molecule has 1 aromatic heterocycles. The molecule has 100 valence electrons. The SMILES string of the molecule is CCN1CCCC1CN=Cc1ccc(COC)o1. The minimum atomic E-state index is 0.514. The lowest BCUT2D eigenvalue weighted by atomic mass is 10.2. The zero-order valence-electron chi connectivity index (χ0n) is 11.3. The van der Waals surface area contributed by atoms with Crippen molar-refractivity contribution in [2.24, 2.45) is 4.99 Å². The number of methoxy groups -OCH3 is 1. The molecule has 1 unspecified atom stereocenters. The van der Waals surface area contributed by atoms with Crippen molar-refractivity contribution in [1.82, 2.24) is 4.90 Å². The highest BCUT2D eigenvalue weighted by atomic mass is 16.5. The first kappa shape index (κ1) is 13.3. The molecule has 0 saturated carbocycles. The van der Waals surface area contributed by atoms with Gasteiger partial charge in [-0.2, -0.15) is 0 Å². The van der Waals surface area contributed by atoms with Crippen LogP contribution >= 0.6 is 0 Å². The third kappa shape index (κ3) is 3.43. The Hall–Kier alpha value is -1.13. The van der Waals surface area contributed by atoms with Crippen molar-refractivity contribution in [3.8, 4) is 0 Å². The van der Waals surface area contributed by atoms with Crippen molar-refractivity contribution in [2.45, 2.75) is 32.4 Å². The second-order valence-electron chi connectivity index (χ2n) is 4.66. The summed E-state index contributed by atoms with van der Waals surface area (Å²) >= 11 is 0. The van der Waals surface area contributed by atoms with E-state index in [1.54, 1.807) is 7.11 Å². The maximum Gasteiger partial charge on any atom is 0.144 e. The van der Waals surface area contributed by atoms with Gasteiger partial charge in [-0.3, -0.25) is 9.89 Å². The molecule has 1 aromatic rings. The summed E-state index contributed by atoms with van der Waals surface area (Å²) in [6, 6.07) is 4.47. The van der Waals surface area contributed by atoms with E-state index in [9.17, 15) is 0 Å². The molecule has 1 aliphatic heterocycles. The molecule has 4 nitrogen and oxygen atoms in total. The molecule has 18 heavy (non-hydrogen) atoms. The highest BCUT2D eigenvalue weighted by Gasteiger charge is 2.21. The van der Waals surface area contributed by atoms with Gasteiger partial charge in [0.2, 0.25) is 0 Å². The van der Waals surface area contributed by atoms with Gasteiger partial charge in [-0.1, -0.05) is 6.92 Å². The number of likely N-dealkylation sites (tertiary alicyclic amines) is 1. The number of furan rings is 1. The van der Waals surface area contributed by atoms with Crippen LogP contribution in [0.1, 0.15) is 31.3 Å². The number of hydrogen-bond donors (Lipinski definition) is 0. The average Bonchev–Trinajstić information content (AvgIpc) is 2.99. The van der Waals surface area contributed by atoms with Crippen LogP contribution in [0.15, 0.2) is 21.5 Å². The molecule has 2 heterocycles. The zero-order valence-corrected chi connectivity index (χ0v) is 11.3. The Morgan fingerprint density at radius 2 is 2.44 bits per heavy atom. The zero-order chi connectivity index (χ0) is 12.8. The molecule has 0 spiro atoms. The molecule has 0 aliphatic carbocycles. The summed E-state index contributed by atoms with van der Waals surface area (Å²) in [5.41, 5.74) is 0. The number of aliphatic imine (C=N–C) groups is 1. The van der Waals surface area contributed by atoms with Gasteiger partial charge in [0.25, 0.3) is 0 Å². The van der Waals surface area contributed by atoms with Gasteiger partial charge in [-0.25, -0.2) is 0 Å². The minimum absolute atomic E-state index is 0.514. The van der Waals surface area contributed by atoms with Crippen molar-refractivity contribution < 1.29 is 9.15 Å². The van der Waals surface area contributed by atoms with E-state index < -0.39 is 0 Å².